The van der Waals surface area contributed by atoms with Crippen molar-refractivity contribution >= 4 is 17.5 Å². The molecule has 0 bridgehead atoms. The Balaban J connectivity index is 2.06. The SMILES string of the molecule is NC(=O)C1=NN(CC(F)(F)F)C2=NNC3=CCCCC312. The summed E-state index contributed by atoms with van der Waals surface area (Å²) < 4.78 is 37.8. The third kappa shape index (κ3) is 1.69. The van der Waals surface area contributed by atoms with Gasteiger partial charge in [-0.1, -0.05) is 6.08 Å². The van der Waals surface area contributed by atoms with Crippen molar-refractivity contribution < 1.29 is 18.0 Å². The van der Waals surface area contributed by atoms with Crippen LogP contribution in [0.3, 0.4) is 0 Å². The molecule has 3 aliphatic rings. The van der Waals surface area contributed by atoms with Gasteiger partial charge in [0.15, 0.2) is 5.84 Å². The van der Waals surface area contributed by atoms with E-state index in [2.05, 4.69) is 15.6 Å². The van der Waals surface area contributed by atoms with E-state index in [0.29, 0.717) is 12.1 Å². The maximum Gasteiger partial charge on any atom is 0.408 e. The number of amides is 1. The Morgan fingerprint density at radius 3 is 2.95 bits per heavy atom. The largest absolute Gasteiger partial charge is 0.408 e. The Labute approximate surface area is 112 Å². The molecule has 2 heterocycles. The average molecular weight is 287 g/mol. The second-order valence-corrected chi connectivity index (χ2v) is 4.95. The fraction of sp³-hybridized carbons (Fsp3) is 0.545. The summed E-state index contributed by atoms with van der Waals surface area (Å²) in [5.41, 5.74) is 7.50. The Morgan fingerprint density at radius 1 is 1.55 bits per heavy atom. The van der Waals surface area contributed by atoms with Gasteiger partial charge in [-0.2, -0.15) is 23.4 Å². The summed E-state index contributed by atoms with van der Waals surface area (Å²) in [6, 6.07) is 0. The van der Waals surface area contributed by atoms with Crippen molar-refractivity contribution in [2.24, 2.45) is 21.4 Å². The number of hydrogen-bond acceptors (Lipinski definition) is 5. The molecule has 0 aromatic heterocycles. The van der Waals surface area contributed by atoms with E-state index in [0.717, 1.165) is 17.9 Å². The zero-order chi connectivity index (χ0) is 14.5. The lowest BCUT2D eigenvalue weighted by Gasteiger charge is -2.30. The molecule has 108 valence electrons. The van der Waals surface area contributed by atoms with Gasteiger partial charge in [-0.05, 0) is 19.3 Å². The molecule has 3 rings (SSSR count). The van der Waals surface area contributed by atoms with Crippen LogP contribution >= 0.6 is 0 Å². The molecule has 20 heavy (non-hydrogen) atoms. The van der Waals surface area contributed by atoms with Crippen LogP contribution in [0.4, 0.5) is 13.2 Å². The highest BCUT2D eigenvalue weighted by Crippen LogP contribution is 2.46. The smallest absolute Gasteiger partial charge is 0.364 e. The molecule has 3 N–H and O–H groups in total. The predicted octanol–water partition coefficient (Wildman–Crippen LogP) is 0.676. The van der Waals surface area contributed by atoms with E-state index in [4.69, 9.17) is 5.73 Å². The number of amidine groups is 1. The van der Waals surface area contributed by atoms with Crippen molar-refractivity contribution in [3.63, 3.8) is 0 Å². The fourth-order valence-corrected chi connectivity index (χ4v) is 2.93. The molecule has 1 atom stereocenters. The minimum Gasteiger partial charge on any atom is -0.364 e. The molecule has 0 fully saturated rings. The van der Waals surface area contributed by atoms with Gasteiger partial charge in [-0.3, -0.25) is 10.2 Å². The summed E-state index contributed by atoms with van der Waals surface area (Å²) >= 11 is 0. The summed E-state index contributed by atoms with van der Waals surface area (Å²) in [7, 11) is 0. The number of nitrogens with one attached hydrogen (secondary N) is 1. The number of alkyl halides is 3. The highest BCUT2D eigenvalue weighted by molar-refractivity contribution is 6.47. The third-order valence-corrected chi connectivity index (χ3v) is 3.66. The van der Waals surface area contributed by atoms with Crippen LogP contribution in [0.5, 0.6) is 0 Å². The van der Waals surface area contributed by atoms with Gasteiger partial charge in [0.05, 0.1) is 0 Å². The van der Waals surface area contributed by atoms with E-state index in [1.54, 1.807) is 0 Å². The third-order valence-electron chi connectivity index (χ3n) is 3.66. The van der Waals surface area contributed by atoms with Crippen LogP contribution in [0, 0.1) is 5.41 Å². The van der Waals surface area contributed by atoms with Gasteiger partial charge in [-0.15, -0.1) is 0 Å². The number of allylic oxidation sites excluding steroid dienone is 1. The Bertz CT molecular complexity index is 565. The number of carbonyl (C=O) groups is 1. The second kappa shape index (κ2) is 3.97. The highest BCUT2D eigenvalue weighted by atomic mass is 19.4. The van der Waals surface area contributed by atoms with Crippen LogP contribution in [0.1, 0.15) is 19.3 Å². The number of carbonyl (C=O) groups excluding carboxylic acids is 1. The summed E-state index contributed by atoms with van der Waals surface area (Å²) in [5, 5.41) is 8.43. The van der Waals surface area contributed by atoms with Crippen molar-refractivity contribution in [2.45, 2.75) is 25.4 Å². The number of nitrogens with two attached hydrogens (primary N) is 1. The van der Waals surface area contributed by atoms with E-state index in [1.807, 2.05) is 6.08 Å². The predicted molar refractivity (Wildman–Crippen MR) is 64.3 cm³/mol. The van der Waals surface area contributed by atoms with E-state index >= 15 is 0 Å². The van der Waals surface area contributed by atoms with Crippen LogP contribution in [-0.2, 0) is 4.79 Å². The molecule has 1 amide bonds. The number of nitrogens with zero attached hydrogens (tertiary/aromatic N) is 3. The number of rotatable bonds is 2. The molecular formula is C11H12F3N5O. The van der Waals surface area contributed by atoms with Gasteiger partial charge in [0.2, 0.25) is 0 Å². The topological polar surface area (TPSA) is 83.1 Å². The van der Waals surface area contributed by atoms with E-state index in [-0.39, 0.29) is 11.5 Å². The lowest BCUT2D eigenvalue weighted by molar-refractivity contribution is -0.137. The van der Waals surface area contributed by atoms with Crippen molar-refractivity contribution in [1.82, 2.24) is 10.4 Å². The van der Waals surface area contributed by atoms with Gasteiger partial charge in [0.1, 0.15) is 17.7 Å². The fourth-order valence-electron chi connectivity index (χ4n) is 2.93. The van der Waals surface area contributed by atoms with Crippen molar-refractivity contribution in [2.75, 3.05) is 6.54 Å². The quantitative estimate of drug-likeness (QED) is 0.783. The van der Waals surface area contributed by atoms with Crippen LogP contribution in [0.25, 0.3) is 0 Å². The van der Waals surface area contributed by atoms with Crippen LogP contribution < -0.4 is 11.2 Å². The van der Waals surface area contributed by atoms with Gasteiger partial charge < -0.3 is 5.73 Å². The molecule has 1 unspecified atom stereocenters. The summed E-state index contributed by atoms with van der Waals surface area (Å²) in [5.74, 6) is -0.714. The molecule has 0 aromatic rings. The van der Waals surface area contributed by atoms with E-state index in [9.17, 15) is 18.0 Å². The van der Waals surface area contributed by atoms with Crippen molar-refractivity contribution in [3.05, 3.63) is 11.8 Å². The van der Waals surface area contributed by atoms with E-state index < -0.39 is 24.0 Å². The number of hydrazone groups is 2. The lowest BCUT2D eigenvalue weighted by Crippen LogP contribution is -2.46. The first-order valence-electron chi connectivity index (χ1n) is 6.12. The normalized spacial score (nSPS) is 28.1. The summed E-state index contributed by atoms with van der Waals surface area (Å²) in [6.45, 7) is -1.29. The Morgan fingerprint density at radius 2 is 2.30 bits per heavy atom. The number of hydrogen-bond donors (Lipinski definition) is 2. The molecule has 1 aliphatic carbocycles. The number of primary amides is 1. The van der Waals surface area contributed by atoms with E-state index in [1.165, 1.54) is 0 Å². The lowest BCUT2D eigenvalue weighted by atomic mass is 9.72. The molecule has 0 radical (unpaired) electrons. The van der Waals surface area contributed by atoms with Crippen molar-refractivity contribution in [3.8, 4) is 0 Å². The first-order valence-corrected chi connectivity index (χ1v) is 6.12. The molecular weight excluding hydrogens is 275 g/mol. The first-order chi connectivity index (χ1) is 9.34. The first kappa shape index (κ1) is 12.9. The standard InChI is InChI=1S/C11H12F3N5O/c12-11(13,14)5-19-9-10(7(18-19)8(15)20)4-2-1-3-6(10)16-17-9/h3,16H,1-2,4-5H2,(H2,15,20). The molecule has 9 heteroatoms. The van der Waals surface area contributed by atoms with Gasteiger partial charge in [0.25, 0.3) is 5.91 Å². The monoisotopic (exact) mass is 287 g/mol. The van der Waals surface area contributed by atoms with Gasteiger partial charge in [-0.25, -0.2) is 5.01 Å². The molecule has 2 aliphatic heterocycles. The minimum absolute atomic E-state index is 0.0727. The maximum absolute atomic E-state index is 12.6. The molecule has 0 saturated heterocycles. The summed E-state index contributed by atoms with van der Waals surface area (Å²) in [4.78, 5) is 11.6. The Kier molecular flexibility index (Phi) is 2.57. The maximum atomic E-state index is 12.6. The van der Waals surface area contributed by atoms with Crippen molar-refractivity contribution in [1.29, 1.82) is 0 Å². The zero-order valence-corrected chi connectivity index (χ0v) is 10.4. The van der Waals surface area contributed by atoms with Crippen LogP contribution in [-0.4, -0.2) is 35.2 Å². The molecule has 6 nitrogen and oxygen atoms in total. The van der Waals surface area contributed by atoms with Gasteiger partial charge in [0, 0.05) is 5.70 Å². The molecule has 1 spiro atoms. The minimum atomic E-state index is -4.44. The molecule has 0 saturated carbocycles. The number of halogens is 3. The second-order valence-electron chi connectivity index (χ2n) is 4.95. The zero-order valence-electron chi connectivity index (χ0n) is 10.4. The van der Waals surface area contributed by atoms with Gasteiger partial charge >= 0.3 is 6.18 Å². The van der Waals surface area contributed by atoms with Crippen LogP contribution in [0.2, 0.25) is 0 Å². The summed E-state index contributed by atoms with van der Waals surface area (Å²) in [6.07, 6.45) is -0.633. The molecule has 0 aromatic carbocycles. The highest BCUT2D eigenvalue weighted by Gasteiger charge is 2.58. The Hall–Kier alpha value is -2.06. The average Bonchev–Trinajstić information content (AvgIpc) is 2.83. The van der Waals surface area contributed by atoms with Crippen LogP contribution in [0.15, 0.2) is 22.0 Å².